The van der Waals surface area contributed by atoms with Gasteiger partial charge in [-0.2, -0.15) is 19.4 Å². The number of para-hydroxylation sites is 1. The van der Waals surface area contributed by atoms with E-state index in [4.69, 9.17) is 24.3 Å². The molecule has 6 atom stereocenters. The van der Waals surface area contributed by atoms with Crippen molar-refractivity contribution in [3.8, 4) is 5.75 Å². The predicted molar refractivity (Wildman–Crippen MR) is 130 cm³/mol. The van der Waals surface area contributed by atoms with Gasteiger partial charge in [0.05, 0.1) is 19.5 Å². The molecule has 5 N–H and O–H groups in total. The molecule has 206 valence electrons. The Morgan fingerprint density at radius 2 is 2.08 bits per heavy atom. The maximum Gasteiger partial charge on any atom is 0.459 e. The molecule has 1 fully saturated rings. The van der Waals surface area contributed by atoms with Crippen LogP contribution >= 0.6 is 7.75 Å². The van der Waals surface area contributed by atoms with E-state index in [1.165, 1.54) is 36.9 Å². The van der Waals surface area contributed by atoms with Crippen LogP contribution in [0.2, 0.25) is 0 Å². The number of nitrogens with one attached hydrogen (secondary N) is 1. The first-order valence-corrected chi connectivity index (χ1v) is 13.1. The minimum Gasteiger partial charge on any atom is -0.465 e. The first-order valence-electron chi connectivity index (χ1n) is 11.6. The first kappa shape index (κ1) is 27.8. The molecule has 0 spiro atoms. The smallest absolute Gasteiger partial charge is 0.459 e. The lowest BCUT2D eigenvalue weighted by Gasteiger charge is -2.27. The molecule has 0 amide bonds. The Morgan fingerprint density at radius 3 is 2.76 bits per heavy atom. The Morgan fingerprint density at radius 1 is 1.37 bits per heavy atom. The third-order valence-corrected chi connectivity index (χ3v) is 7.44. The Kier molecular flexibility index (Phi) is 7.97. The lowest BCUT2D eigenvalue weighted by molar-refractivity contribution is -0.144. The van der Waals surface area contributed by atoms with Gasteiger partial charge >= 0.3 is 19.8 Å². The van der Waals surface area contributed by atoms with Crippen molar-refractivity contribution >= 4 is 30.7 Å². The van der Waals surface area contributed by atoms with Gasteiger partial charge in [-0.25, -0.2) is 9.55 Å². The largest absolute Gasteiger partial charge is 0.465 e. The third kappa shape index (κ3) is 5.62. The fourth-order valence-electron chi connectivity index (χ4n) is 3.90. The zero-order chi connectivity index (χ0) is 27.7. The summed E-state index contributed by atoms with van der Waals surface area (Å²) in [6.07, 6.45) is -4.04. The van der Waals surface area contributed by atoms with Crippen molar-refractivity contribution in [3.63, 3.8) is 0 Å². The van der Waals surface area contributed by atoms with Gasteiger partial charge in [-0.05, 0) is 32.9 Å². The van der Waals surface area contributed by atoms with E-state index in [2.05, 4.69) is 20.0 Å². The monoisotopic (exact) mass is 554 g/mol. The Balaban J connectivity index is 1.56. The van der Waals surface area contributed by atoms with Gasteiger partial charge in [0.1, 0.15) is 29.6 Å². The number of carbonyl (C=O) groups excluding carboxylic acids is 1. The van der Waals surface area contributed by atoms with Gasteiger partial charge in [-0.1, -0.05) is 18.2 Å². The van der Waals surface area contributed by atoms with Crippen molar-refractivity contribution < 1.29 is 42.5 Å². The second-order valence-electron chi connectivity index (χ2n) is 8.70. The molecule has 1 aliphatic heterocycles. The molecule has 0 bridgehead atoms. The number of benzene rings is 1. The van der Waals surface area contributed by atoms with Crippen LogP contribution in [0.15, 0.2) is 36.7 Å². The number of esters is 1. The van der Waals surface area contributed by atoms with E-state index < -0.39 is 56.5 Å². The maximum atomic E-state index is 13.8. The van der Waals surface area contributed by atoms with Crippen LogP contribution in [-0.2, 0) is 23.4 Å². The van der Waals surface area contributed by atoms with Gasteiger partial charge in [0.2, 0.25) is 0 Å². The second kappa shape index (κ2) is 10.9. The average molecular weight is 554 g/mol. The fraction of sp³-hybridized carbons (Fsp3) is 0.455. The number of hydrogen-bond donors (Lipinski definition) is 4. The molecule has 16 heteroatoms. The van der Waals surface area contributed by atoms with Gasteiger partial charge in [-0.15, -0.1) is 0 Å². The van der Waals surface area contributed by atoms with Crippen LogP contribution in [0, 0.1) is 6.08 Å². The molecule has 3 aromatic rings. The van der Waals surface area contributed by atoms with E-state index >= 15 is 0 Å². The van der Waals surface area contributed by atoms with Gasteiger partial charge in [0.15, 0.2) is 23.2 Å². The average Bonchev–Trinajstić information content (AvgIpc) is 3.37. The number of fused-ring (bicyclic) bond motifs is 1. The van der Waals surface area contributed by atoms with Crippen LogP contribution in [0.3, 0.4) is 0 Å². The topological polar surface area (TPSA) is 193 Å². The van der Waals surface area contributed by atoms with Crippen LogP contribution in [0.25, 0.3) is 11.2 Å². The summed E-state index contributed by atoms with van der Waals surface area (Å²) in [4.78, 5) is 23.3. The number of anilines is 1. The first-order chi connectivity index (χ1) is 17.9. The lowest BCUT2D eigenvalue weighted by Crippen LogP contribution is -2.44. The summed E-state index contributed by atoms with van der Waals surface area (Å²) in [5, 5.41) is 24.4. The summed E-state index contributed by atoms with van der Waals surface area (Å²) in [5.74, 6) is -0.722. The van der Waals surface area contributed by atoms with Crippen LogP contribution in [0.5, 0.6) is 5.75 Å². The minimum absolute atomic E-state index is 0.0675. The number of nitrogens with zero attached hydrogens (tertiary/aromatic N) is 4. The Bertz CT molecular complexity index is 1340. The van der Waals surface area contributed by atoms with Gasteiger partial charge in [-0.3, -0.25) is 13.9 Å². The summed E-state index contributed by atoms with van der Waals surface area (Å²) in [6, 6.07) is 7.01. The normalized spacial score (nSPS) is 25.7. The number of aromatic nitrogens is 4. The SMILES string of the molecule is CCOC(=O)[C@H](C)NP(=O)(OC[C@H]1O[C@@H](n2cnc3c(N)nc(F)nc32)[C@](C)(O)[C@@H]1O)Oc1ccccc1. The summed E-state index contributed by atoms with van der Waals surface area (Å²) < 4.78 is 50.6. The molecule has 3 heterocycles. The highest BCUT2D eigenvalue weighted by Crippen LogP contribution is 2.47. The highest BCUT2D eigenvalue weighted by atomic mass is 31.2. The number of halogens is 1. The van der Waals surface area contributed by atoms with Crippen molar-refractivity contribution in [2.75, 3.05) is 18.9 Å². The van der Waals surface area contributed by atoms with E-state index in [0.29, 0.717) is 0 Å². The summed E-state index contributed by atoms with van der Waals surface area (Å²) >= 11 is 0. The number of aliphatic hydroxyl groups excluding tert-OH is 1. The molecule has 1 aromatic carbocycles. The highest BCUT2D eigenvalue weighted by Gasteiger charge is 2.54. The lowest BCUT2D eigenvalue weighted by atomic mass is 9.96. The third-order valence-electron chi connectivity index (χ3n) is 5.80. The van der Waals surface area contributed by atoms with Crippen molar-refractivity contribution in [1.29, 1.82) is 0 Å². The molecule has 1 unspecified atom stereocenters. The molecule has 14 nitrogen and oxygen atoms in total. The zero-order valence-corrected chi connectivity index (χ0v) is 21.6. The quantitative estimate of drug-likeness (QED) is 0.159. The maximum absolute atomic E-state index is 13.8. The number of hydrogen-bond acceptors (Lipinski definition) is 12. The highest BCUT2D eigenvalue weighted by molar-refractivity contribution is 7.52. The van der Waals surface area contributed by atoms with E-state index in [1.807, 2.05) is 0 Å². The predicted octanol–water partition coefficient (Wildman–Crippen LogP) is 1.30. The van der Waals surface area contributed by atoms with Crippen LogP contribution in [0.1, 0.15) is 27.0 Å². The second-order valence-corrected chi connectivity index (χ2v) is 10.4. The minimum atomic E-state index is -4.26. The fourth-order valence-corrected chi connectivity index (χ4v) is 5.40. The molecule has 0 radical (unpaired) electrons. The Labute approximate surface area is 216 Å². The summed E-state index contributed by atoms with van der Waals surface area (Å²) in [6.45, 7) is 3.90. The van der Waals surface area contributed by atoms with Gasteiger partial charge in [0.25, 0.3) is 0 Å². The van der Waals surface area contributed by atoms with E-state index in [0.717, 1.165) is 0 Å². The summed E-state index contributed by atoms with van der Waals surface area (Å²) in [7, 11) is -4.26. The van der Waals surface area contributed by atoms with Crippen LogP contribution in [-0.4, -0.2) is 72.8 Å². The molecular weight excluding hydrogens is 526 g/mol. The van der Waals surface area contributed by atoms with Gasteiger partial charge in [0, 0.05) is 0 Å². The van der Waals surface area contributed by atoms with Crippen molar-refractivity contribution in [2.45, 2.75) is 50.8 Å². The molecule has 2 aromatic heterocycles. The van der Waals surface area contributed by atoms with Crippen LogP contribution in [0.4, 0.5) is 10.2 Å². The standard InChI is InChI=1S/C22H28FN6O8P/c1-4-34-19(31)12(2)28-38(33,37-13-8-6-5-7-9-13)35-10-14-16(30)22(3,32)20(36-14)29-11-25-15-17(24)26-21(23)27-18(15)29/h5-9,11-12,14,16,20,30,32H,4,10H2,1-3H3,(H,28,33)(H2,24,26,27)/t12-,14+,16+,20+,22+,38?/m0/s1. The number of imidazole rings is 1. The molecular formula is C22H28FN6O8P. The zero-order valence-electron chi connectivity index (χ0n) is 20.7. The molecule has 0 saturated carbocycles. The van der Waals surface area contributed by atoms with E-state index in [1.54, 1.807) is 25.1 Å². The Hall–Kier alpha value is -3.20. The number of rotatable bonds is 10. The number of carbonyl (C=O) groups is 1. The van der Waals surface area contributed by atoms with E-state index in [9.17, 15) is 24.0 Å². The van der Waals surface area contributed by atoms with Crippen molar-refractivity contribution in [1.82, 2.24) is 24.6 Å². The molecule has 1 saturated heterocycles. The number of nitrogens with two attached hydrogens (primary N) is 1. The van der Waals surface area contributed by atoms with Crippen molar-refractivity contribution in [2.24, 2.45) is 0 Å². The summed E-state index contributed by atoms with van der Waals surface area (Å²) in [5.41, 5.74) is 3.75. The van der Waals surface area contributed by atoms with E-state index in [-0.39, 0.29) is 29.3 Å². The number of aliphatic hydroxyl groups is 2. The van der Waals surface area contributed by atoms with Crippen LogP contribution < -0.4 is 15.3 Å². The molecule has 4 rings (SSSR count). The molecule has 38 heavy (non-hydrogen) atoms. The number of nitrogen functional groups attached to an aromatic ring is 1. The molecule has 0 aliphatic carbocycles. The van der Waals surface area contributed by atoms with Crippen molar-refractivity contribution in [3.05, 3.63) is 42.7 Å². The molecule has 1 aliphatic rings. The number of ether oxygens (including phenoxy) is 2. The van der Waals surface area contributed by atoms with Gasteiger partial charge < -0.3 is 29.9 Å².